The van der Waals surface area contributed by atoms with Gasteiger partial charge in [-0.3, -0.25) is 0 Å². The Bertz CT molecular complexity index is 574. The summed E-state index contributed by atoms with van der Waals surface area (Å²) in [6.45, 7) is 11.4. The topological polar surface area (TPSA) is 24.1 Å². The molecule has 0 saturated carbocycles. The molecule has 2 aromatic rings. The monoisotopic (exact) mass is 512 g/mol. The van der Waals surface area contributed by atoms with E-state index in [0.717, 1.165) is 39.4 Å². The van der Waals surface area contributed by atoms with Crippen molar-refractivity contribution in [2.24, 2.45) is 11.8 Å². The molecule has 28 heavy (non-hydrogen) atoms. The third-order valence-corrected chi connectivity index (χ3v) is 12.2. The molecular weight excluding hydrogens is 474 g/mol. The first-order valence-corrected chi connectivity index (χ1v) is 17.1. The summed E-state index contributed by atoms with van der Waals surface area (Å²) in [6, 6.07) is 22.8. The molecule has 0 amide bonds. The Hall–Kier alpha value is -0.601. The van der Waals surface area contributed by atoms with Gasteiger partial charge in [-0.25, -0.2) is 0 Å². The van der Waals surface area contributed by atoms with Gasteiger partial charge in [-0.15, -0.1) is 0 Å². The van der Waals surface area contributed by atoms with E-state index in [0.29, 0.717) is 23.9 Å². The minimum atomic E-state index is 0.636. The van der Waals surface area contributed by atoms with Crippen molar-refractivity contribution < 1.29 is 0 Å². The van der Waals surface area contributed by atoms with Crippen molar-refractivity contribution in [3.63, 3.8) is 0 Å². The van der Waals surface area contributed by atoms with Crippen LogP contribution in [0, 0.1) is 11.8 Å². The first-order chi connectivity index (χ1) is 13.6. The van der Waals surface area contributed by atoms with Crippen LogP contribution in [-0.4, -0.2) is 38.3 Å². The van der Waals surface area contributed by atoms with Crippen molar-refractivity contribution in [1.29, 1.82) is 0 Å². The van der Waals surface area contributed by atoms with E-state index in [2.05, 4.69) is 99.0 Å². The second-order valence-electron chi connectivity index (χ2n) is 8.00. The molecule has 0 aromatic heterocycles. The van der Waals surface area contributed by atoms with Gasteiger partial charge in [0.2, 0.25) is 0 Å². The molecule has 154 valence electrons. The van der Waals surface area contributed by atoms with Crippen LogP contribution in [-0.2, 0) is 13.1 Å². The molecule has 0 unspecified atom stereocenters. The average molecular weight is 510 g/mol. The molecule has 2 atom stereocenters. The minimum absolute atomic E-state index is 0.636. The van der Waals surface area contributed by atoms with Gasteiger partial charge in [-0.05, 0) is 0 Å². The van der Waals surface area contributed by atoms with E-state index in [-0.39, 0.29) is 0 Å². The van der Waals surface area contributed by atoms with Gasteiger partial charge < -0.3 is 0 Å². The zero-order chi connectivity index (χ0) is 20.2. The van der Waals surface area contributed by atoms with Crippen LogP contribution in [0.3, 0.4) is 0 Å². The van der Waals surface area contributed by atoms with Crippen LogP contribution in [0.1, 0.15) is 38.8 Å². The van der Waals surface area contributed by atoms with Gasteiger partial charge in [0.05, 0.1) is 0 Å². The summed E-state index contributed by atoms with van der Waals surface area (Å²) < 4.78 is 0. The zero-order valence-corrected chi connectivity index (χ0v) is 21.2. The Labute approximate surface area is 183 Å². The van der Waals surface area contributed by atoms with Gasteiger partial charge in [0.15, 0.2) is 0 Å². The average Bonchev–Trinajstić information content (AvgIpc) is 2.70. The van der Waals surface area contributed by atoms with E-state index in [1.807, 2.05) is 0 Å². The fraction of sp³-hybridized carbons (Fsp3) is 0.500. The number of hydrogen-bond acceptors (Lipinski definition) is 2. The molecule has 2 rings (SSSR count). The second kappa shape index (κ2) is 13.6. The number of hydrogen-bond donors (Lipinski definition) is 2. The normalized spacial score (nSPS) is 13.8. The van der Waals surface area contributed by atoms with Crippen molar-refractivity contribution in [3.05, 3.63) is 71.8 Å². The van der Waals surface area contributed by atoms with Crippen LogP contribution in [0.2, 0.25) is 10.6 Å². The van der Waals surface area contributed by atoms with Gasteiger partial charge in [0.1, 0.15) is 0 Å². The summed E-state index contributed by atoms with van der Waals surface area (Å²) in [6.07, 6.45) is 0. The molecule has 0 bridgehead atoms. The van der Waals surface area contributed by atoms with Gasteiger partial charge in [-0.1, -0.05) is 0 Å². The summed E-state index contributed by atoms with van der Waals surface area (Å²) >= 11 is 1.51. The molecule has 0 aliphatic carbocycles. The SMILES string of the molecule is CC(C)[C@@H](C[Se][Se]C[C@@H](NCc1ccccc1)C(C)C)NCc1ccccc1. The molecule has 0 radical (unpaired) electrons. The maximum atomic E-state index is 3.80. The van der Waals surface area contributed by atoms with Gasteiger partial charge in [0.25, 0.3) is 0 Å². The van der Waals surface area contributed by atoms with Crippen molar-refractivity contribution in [3.8, 4) is 0 Å². The molecule has 0 spiro atoms. The van der Waals surface area contributed by atoms with Crippen molar-refractivity contribution >= 4 is 26.3 Å². The summed E-state index contributed by atoms with van der Waals surface area (Å²) in [5.41, 5.74) is 2.77. The molecule has 4 heteroatoms. The van der Waals surface area contributed by atoms with Gasteiger partial charge in [-0.2, -0.15) is 0 Å². The predicted molar refractivity (Wildman–Crippen MR) is 125 cm³/mol. The van der Waals surface area contributed by atoms with Crippen molar-refractivity contribution in [2.45, 2.75) is 63.5 Å². The Balaban J connectivity index is 1.70. The molecule has 2 N–H and O–H groups in total. The molecule has 0 saturated heterocycles. The fourth-order valence-corrected chi connectivity index (χ4v) is 11.3. The van der Waals surface area contributed by atoms with Crippen LogP contribution in [0.4, 0.5) is 0 Å². The Morgan fingerprint density at radius 3 is 1.29 bits per heavy atom. The summed E-state index contributed by atoms with van der Waals surface area (Å²) in [5, 5.41) is 10.3. The van der Waals surface area contributed by atoms with E-state index in [1.165, 1.54) is 21.8 Å². The summed E-state index contributed by atoms with van der Waals surface area (Å²) in [7, 11) is 0. The van der Waals surface area contributed by atoms with Crippen LogP contribution >= 0.6 is 0 Å². The molecule has 0 heterocycles. The molecule has 0 aliphatic heterocycles. The van der Waals surface area contributed by atoms with E-state index in [9.17, 15) is 0 Å². The van der Waals surface area contributed by atoms with Gasteiger partial charge >= 0.3 is 184 Å². The number of benzene rings is 2. The second-order valence-corrected chi connectivity index (χ2v) is 15.5. The van der Waals surface area contributed by atoms with E-state index in [4.69, 9.17) is 0 Å². The molecule has 2 nitrogen and oxygen atoms in total. The first kappa shape index (κ1) is 23.7. The van der Waals surface area contributed by atoms with Crippen molar-refractivity contribution in [1.82, 2.24) is 10.6 Å². The van der Waals surface area contributed by atoms with Gasteiger partial charge in [0, 0.05) is 0 Å². The Morgan fingerprint density at radius 1 is 0.607 bits per heavy atom. The third kappa shape index (κ3) is 9.26. The van der Waals surface area contributed by atoms with E-state index in [1.54, 1.807) is 0 Å². The first-order valence-electron chi connectivity index (χ1n) is 10.3. The number of rotatable bonds is 13. The predicted octanol–water partition coefficient (Wildman–Crippen LogP) is 4.78. The van der Waals surface area contributed by atoms with Crippen LogP contribution in [0.5, 0.6) is 0 Å². The van der Waals surface area contributed by atoms with Crippen LogP contribution in [0.25, 0.3) is 0 Å². The molecule has 0 fully saturated rings. The Kier molecular flexibility index (Phi) is 11.5. The van der Waals surface area contributed by atoms with Crippen molar-refractivity contribution in [2.75, 3.05) is 0 Å². The molecule has 2 aromatic carbocycles. The fourth-order valence-electron chi connectivity index (χ4n) is 2.91. The van der Waals surface area contributed by atoms with Crippen LogP contribution < -0.4 is 10.6 Å². The van der Waals surface area contributed by atoms with E-state index >= 15 is 0 Å². The zero-order valence-electron chi connectivity index (χ0n) is 17.7. The molecule has 0 aliphatic rings. The maximum absolute atomic E-state index is 3.80. The van der Waals surface area contributed by atoms with Crippen LogP contribution in [0.15, 0.2) is 60.7 Å². The number of nitrogens with one attached hydrogen (secondary N) is 2. The van der Waals surface area contributed by atoms with E-state index < -0.39 is 0 Å². The Morgan fingerprint density at radius 2 is 0.964 bits per heavy atom. The summed E-state index contributed by atoms with van der Waals surface area (Å²) in [4.78, 5) is 0. The quantitative estimate of drug-likeness (QED) is 0.300. The summed E-state index contributed by atoms with van der Waals surface area (Å²) in [5.74, 6) is 1.39. The third-order valence-electron chi connectivity index (χ3n) is 5.01. The standard InChI is InChI=1S/C24H36N2Se2/c1-19(2)23(25-15-21-11-7-5-8-12-21)17-27-28-18-24(20(3)4)26-16-22-13-9-6-10-14-22/h5-14,19-20,23-26H,15-18H2,1-4H3/t23-,24-/m1/s1. The molecular formula is C24H36N2Se2.